The van der Waals surface area contributed by atoms with Crippen LogP contribution < -0.4 is 9.80 Å². The molecule has 0 bridgehead atoms. The third-order valence-electron chi connectivity index (χ3n) is 6.13. The molecule has 0 saturated carbocycles. The lowest BCUT2D eigenvalue weighted by molar-refractivity contribution is -0.963. The summed E-state index contributed by atoms with van der Waals surface area (Å²) in [5.74, 6) is 0. The molecule has 0 unspecified atom stereocenters. The minimum Gasteiger partial charge on any atom is -0.361 e. The van der Waals surface area contributed by atoms with Crippen LogP contribution in [0.25, 0.3) is 10.9 Å². The van der Waals surface area contributed by atoms with E-state index in [1.54, 1.807) is 4.90 Å². The van der Waals surface area contributed by atoms with E-state index in [2.05, 4.69) is 35.4 Å². The summed E-state index contributed by atoms with van der Waals surface area (Å²) in [6.07, 6.45) is 10.9. The number of para-hydroxylation sites is 1. The number of piperidine rings is 1. The third kappa shape index (κ3) is 3.46. The largest absolute Gasteiger partial charge is 0.361 e. The van der Waals surface area contributed by atoms with Crippen LogP contribution in [0, 0.1) is 0 Å². The second-order valence-electron chi connectivity index (χ2n) is 7.63. The highest BCUT2D eigenvalue weighted by molar-refractivity contribution is 5.82. The van der Waals surface area contributed by atoms with E-state index in [-0.39, 0.29) is 0 Å². The van der Waals surface area contributed by atoms with E-state index in [9.17, 15) is 0 Å². The molecule has 2 saturated heterocycles. The van der Waals surface area contributed by atoms with Crippen molar-refractivity contribution >= 4 is 10.9 Å². The molecule has 2 aromatic rings. The molecule has 0 atom stereocenters. The van der Waals surface area contributed by atoms with E-state index in [1.165, 1.54) is 87.7 Å². The number of aromatic amines is 1. The van der Waals surface area contributed by atoms with Crippen LogP contribution in [-0.2, 0) is 6.54 Å². The molecule has 3 heterocycles. The molecule has 3 N–H and O–H groups in total. The van der Waals surface area contributed by atoms with Crippen molar-refractivity contribution in [2.45, 2.75) is 51.1 Å². The Morgan fingerprint density at radius 2 is 1.65 bits per heavy atom. The van der Waals surface area contributed by atoms with Crippen molar-refractivity contribution in [3.05, 3.63) is 36.0 Å². The number of fused-ring (bicyclic) bond motifs is 1. The Hall–Kier alpha value is -1.32. The summed E-state index contributed by atoms with van der Waals surface area (Å²) in [4.78, 5) is 7.13. The lowest BCUT2D eigenvalue weighted by Gasteiger charge is -2.33. The quantitative estimate of drug-likeness (QED) is 0.758. The van der Waals surface area contributed by atoms with Gasteiger partial charge in [-0.05, 0) is 31.7 Å². The fraction of sp³-hybridized carbons (Fsp3) is 0.600. The zero-order valence-corrected chi connectivity index (χ0v) is 14.2. The molecule has 2 aliphatic rings. The molecule has 3 heteroatoms. The van der Waals surface area contributed by atoms with Gasteiger partial charge in [-0.1, -0.05) is 18.2 Å². The average molecular weight is 313 g/mol. The Labute approximate surface area is 139 Å². The number of quaternary nitrogens is 2. The normalized spacial score (nSPS) is 27.1. The topological polar surface area (TPSA) is 24.7 Å². The van der Waals surface area contributed by atoms with Gasteiger partial charge in [0.15, 0.2) is 0 Å². The van der Waals surface area contributed by atoms with E-state index in [4.69, 9.17) is 0 Å². The maximum atomic E-state index is 3.43. The summed E-state index contributed by atoms with van der Waals surface area (Å²) in [6, 6.07) is 9.66. The van der Waals surface area contributed by atoms with Crippen LogP contribution >= 0.6 is 0 Å². The maximum absolute atomic E-state index is 3.43. The summed E-state index contributed by atoms with van der Waals surface area (Å²) in [5, 5.41) is 1.42. The van der Waals surface area contributed by atoms with Crippen molar-refractivity contribution in [2.24, 2.45) is 0 Å². The molecule has 0 spiro atoms. The molecule has 1 aromatic heterocycles. The second-order valence-corrected chi connectivity index (χ2v) is 7.63. The second kappa shape index (κ2) is 7.06. The molecule has 0 radical (unpaired) electrons. The molecule has 23 heavy (non-hydrogen) atoms. The van der Waals surface area contributed by atoms with E-state index in [0.717, 1.165) is 6.04 Å². The van der Waals surface area contributed by atoms with Gasteiger partial charge in [0, 0.05) is 35.5 Å². The van der Waals surface area contributed by atoms with Gasteiger partial charge in [0.1, 0.15) is 6.54 Å². The smallest absolute Gasteiger partial charge is 0.105 e. The monoisotopic (exact) mass is 313 g/mol. The molecule has 4 rings (SSSR count). The highest BCUT2D eigenvalue weighted by Crippen LogP contribution is 2.16. The van der Waals surface area contributed by atoms with Gasteiger partial charge in [-0.2, -0.15) is 0 Å². The van der Waals surface area contributed by atoms with Gasteiger partial charge < -0.3 is 14.8 Å². The summed E-state index contributed by atoms with van der Waals surface area (Å²) in [7, 11) is 0. The minimum atomic E-state index is 0.944. The third-order valence-corrected chi connectivity index (χ3v) is 6.13. The van der Waals surface area contributed by atoms with Crippen LogP contribution in [0.2, 0.25) is 0 Å². The molecule has 2 aliphatic heterocycles. The number of nitrogens with one attached hydrogen (secondary N) is 3. The van der Waals surface area contributed by atoms with Crippen molar-refractivity contribution in [3.8, 4) is 0 Å². The molecule has 0 amide bonds. The zero-order chi connectivity index (χ0) is 15.5. The Morgan fingerprint density at radius 3 is 2.43 bits per heavy atom. The molecule has 3 nitrogen and oxygen atoms in total. The Bertz CT molecular complexity index is 617. The summed E-state index contributed by atoms with van der Waals surface area (Å²) < 4.78 is 0. The fourth-order valence-electron chi connectivity index (χ4n) is 4.75. The first-order valence-corrected chi connectivity index (χ1v) is 9.63. The van der Waals surface area contributed by atoms with E-state index >= 15 is 0 Å². The fourth-order valence-corrected chi connectivity index (χ4v) is 4.75. The number of benzene rings is 1. The number of aromatic nitrogens is 1. The summed E-state index contributed by atoms with van der Waals surface area (Å²) >= 11 is 0. The molecule has 0 aliphatic carbocycles. The summed E-state index contributed by atoms with van der Waals surface area (Å²) in [5.41, 5.74) is 2.78. The van der Waals surface area contributed by atoms with Crippen LogP contribution in [0.1, 0.15) is 44.1 Å². The van der Waals surface area contributed by atoms with E-state index in [1.807, 2.05) is 4.90 Å². The van der Waals surface area contributed by atoms with Crippen LogP contribution in [0.15, 0.2) is 30.5 Å². The number of hydrogen-bond acceptors (Lipinski definition) is 0. The van der Waals surface area contributed by atoms with Gasteiger partial charge in [-0.25, -0.2) is 0 Å². The predicted octanol–water partition coefficient (Wildman–Crippen LogP) is 1.17. The van der Waals surface area contributed by atoms with Gasteiger partial charge in [0.05, 0.1) is 32.2 Å². The van der Waals surface area contributed by atoms with Crippen LogP contribution in [-0.4, -0.2) is 37.2 Å². The van der Waals surface area contributed by atoms with E-state index < -0.39 is 0 Å². The van der Waals surface area contributed by atoms with Crippen molar-refractivity contribution in [2.75, 3.05) is 26.2 Å². The molecular weight excluding hydrogens is 282 g/mol. The average Bonchev–Trinajstić information content (AvgIpc) is 2.82. The lowest BCUT2D eigenvalue weighted by atomic mass is 10.0. The number of H-pyrrole nitrogens is 1. The van der Waals surface area contributed by atoms with Crippen molar-refractivity contribution in [1.82, 2.24) is 4.98 Å². The van der Waals surface area contributed by atoms with Crippen molar-refractivity contribution in [1.29, 1.82) is 0 Å². The highest BCUT2D eigenvalue weighted by atomic mass is 15.2. The van der Waals surface area contributed by atoms with Crippen molar-refractivity contribution < 1.29 is 9.80 Å². The maximum Gasteiger partial charge on any atom is 0.105 e. The Morgan fingerprint density at radius 1 is 0.913 bits per heavy atom. The van der Waals surface area contributed by atoms with Crippen LogP contribution in [0.3, 0.4) is 0 Å². The van der Waals surface area contributed by atoms with Gasteiger partial charge in [0.25, 0.3) is 0 Å². The Balaban J connectivity index is 1.34. The first-order chi connectivity index (χ1) is 11.4. The molecule has 124 valence electrons. The molecular formula is C20H31N3+2. The molecule has 1 aromatic carbocycles. The lowest BCUT2D eigenvalue weighted by Crippen LogP contribution is -3.20. The van der Waals surface area contributed by atoms with Gasteiger partial charge >= 0.3 is 0 Å². The van der Waals surface area contributed by atoms with E-state index in [0.29, 0.717) is 0 Å². The van der Waals surface area contributed by atoms with Gasteiger partial charge in [0.2, 0.25) is 0 Å². The van der Waals surface area contributed by atoms with Gasteiger partial charge in [-0.3, -0.25) is 0 Å². The first kappa shape index (κ1) is 15.2. The van der Waals surface area contributed by atoms with Gasteiger partial charge in [-0.15, -0.1) is 0 Å². The number of hydrogen-bond donors (Lipinski definition) is 3. The standard InChI is InChI=1S/C20H29N3/c1-2-6-12-23(11-5-1)18-9-13-22(14-10-18)16-17-15-21-20-8-4-3-7-19(17)20/h3-4,7-8,15,18,21H,1-2,5-6,9-14,16H2/p+2. The SMILES string of the molecule is c1ccc2c(C[NH+]3CCC([NH+]4CCCCCC4)CC3)c[nH]c2c1. The number of rotatable bonds is 3. The Kier molecular flexibility index (Phi) is 4.67. The van der Waals surface area contributed by atoms with Crippen LogP contribution in [0.4, 0.5) is 0 Å². The summed E-state index contributed by atoms with van der Waals surface area (Å²) in [6.45, 7) is 6.76. The molecule has 2 fully saturated rings. The van der Waals surface area contributed by atoms with Crippen molar-refractivity contribution in [3.63, 3.8) is 0 Å². The minimum absolute atomic E-state index is 0.944. The predicted molar refractivity (Wildman–Crippen MR) is 94.9 cm³/mol. The van der Waals surface area contributed by atoms with Crippen LogP contribution in [0.5, 0.6) is 0 Å². The first-order valence-electron chi connectivity index (χ1n) is 9.63. The zero-order valence-electron chi connectivity index (χ0n) is 14.2. The number of likely N-dealkylation sites (tertiary alicyclic amines) is 2. The highest BCUT2D eigenvalue weighted by Gasteiger charge is 2.30.